The van der Waals surface area contributed by atoms with Crippen molar-refractivity contribution >= 4 is 22.2 Å². The minimum atomic E-state index is -1.37. The molecule has 0 aliphatic carbocycles. The molecule has 3 aromatic carbocycles. The Kier molecular flexibility index (Phi) is 5.05. The molecule has 0 amide bonds. The molecule has 124 valence electrons. The van der Waals surface area contributed by atoms with Crippen molar-refractivity contribution in [3.05, 3.63) is 102 Å². The molecule has 3 aromatic rings. The minimum Gasteiger partial charge on any atom is -0.289 e. The highest BCUT2D eigenvalue weighted by Gasteiger charge is 2.18. The Hall–Kier alpha value is -2.78. The van der Waals surface area contributed by atoms with Crippen LogP contribution < -0.4 is 0 Å². The first-order valence-electron chi connectivity index (χ1n) is 7.94. The number of ketones is 1. The van der Waals surface area contributed by atoms with Gasteiger partial charge in [-0.3, -0.25) is 4.79 Å². The van der Waals surface area contributed by atoms with Gasteiger partial charge in [0.2, 0.25) is 0 Å². The SMILES string of the molecule is C=C(C(=O)c1ccccc1)c1ccccc1[S@@](=O)c1ccc(C)cc1. The maximum absolute atomic E-state index is 13.0. The highest BCUT2D eigenvalue weighted by molar-refractivity contribution is 7.85. The summed E-state index contributed by atoms with van der Waals surface area (Å²) in [5.41, 5.74) is 2.65. The number of aryl methyl sites for hydroxylation is 1. The molecule has 0 aliphatic rings. The summed E-state index contributed by atoms with van der Waals surface area (Å²) in [5.74, 6) is -0.158. The van der Waals surface area contributed by atoms with Crippen LogP contribution in [0.25, 0.3) is 5.57 Å². The minimum absolute atomic E-state index is 0.158. The molecule has 3 heteroatoms. The van der Waals surface area contributed by atoms with E-state index in [1.54, 1.807) is 24.3 Å². The standard InChI is InChI=1S/C22H18O2S/c1-16-12-14-19(15-13-16)25(24)21-11-7-6-10-20(21)17(2)22(23)18-8-4-3-5-9-18/h3-15H,2H2,1H3/t25-/m0/s1. The van der Waals surface area contributed by atoms with E-state index in [-0.39, 0.29) is 5.78 Å². The third-order valence-corrected chi connectivity index (χ3v) is 5.41. The lowest BCUT2D eigenvalue weighted by molar-refractivity contribution is 0.105. The normalized spacial score (nSPS) is 11.7. The summed E-state index contributed by atoms with van der Waals surface area (Å²) in [7, 11) is -1.37. The first kappa shape index (κ1) is 17.1. The zero-order valence-corrected chi connectivity index (χ0v) is 14.8. The van der Waals surface area contributed by atoms with E-state index < -0.39 is 10.8 Å². The van der Waals surface area contributed by atoms with E-state index in [2.05, 4.69) is 6.58 Å². The van der Waals surface area contributed by atoms with Crippen molar-refractivity contribution in [1.82, 2.24) is 0 Å². The molecule has 0 radical (unpaired) electrons. The van der Waals surface area contributed by atoms with Gasteiger partial charge < -0.3 is 0 Å². The van der Waals surface area contributed by atoms with Gasteiger partial charge in [-0.25, -0.2) is 4.21 Å². The number of carbonyl (C=O) groups is 1. The number of allylic oxidation sites excluding steroid dienone is 1. The summed E-state index contributed by atoms with van der Waals surface area (Å²) in [4.78, 5) is 14.0. The zero-order valence-electron chi connectivity index (χ0n) is 13.9. The van der Waals surface area contributed by atoms with Crippen LogP contribution in [0.15, 0.2) is 95.2 Å². The van der Waals surface area contributed by atoms with E-state index in [1.807, 2.05) is 61.5 Å². The van der Waals surface area contributed by atoms with Crippen LogP contribution in [0.3, 0.4) is 0 Å². The maximum Gasteiger partial charge on any atom is 0.193 e. The van der Waals surface area contributed by atoms with Crippen LogP contribution in [0.4, 0.5) is 0 Å². The number of hydrogen-bond acceptors (Lipinski definition) is 2. The average Bonchev–Trinajstić information content (AvgIpc) is 2.67. The van der Waals surface area contributed by atoms with Crippen LogP contribution in [0.5, 0.6) is 0 Å². The fraction of sp³-hybridized carbons (Fsp3) is 0.0455. The Balaban J connectivity index is 1.98. The van der Waals surface area contributed by atoms with E-state index >= 15 is 0 Å². The van der Waals surface area contributed by atoms with Crippen molar-refractivity contribution in [3.8, 4) is 0 Å². The summed E-state index contributed by atoms with van der Waals surface area (Å²) in [6.45, 7) is 5.96. The van der Waals surface area contributed by atoms with Gasteiger partial charge in [0.25, 0.3) is 0 Å². The third-order valence-electron chi connectivity index (χ3n) is 3.96. The van der Waals surface area contributed by atoms with E-state index in [9.17, 15) is 9.00 Å². The Morgan fingerprint density at radius 1 is 0.840 bits per heavy atom. The fourth-order valence-electron chi connectivity index (χ4n) is 2.55. The number of rotatable bonds is 5. The molecular formula is C22H18O2S. The summed E-state index contributed by atoms with van der Waals surface area (Å²) in [5, 5.41) is 0. The van der Waals surface area contributed by atoms with Crippen LogP contribution in [0.2, 0.25) is 0 Å². The second-order valence-electron chi connectivity index (χ2n) is 5.75. The van der Waals surface area contributed by atoms with Gasteiger partial charge in [0, 0.05) is 21.6 Å². The van der Waals surface area contributed by atoms with Crippen LogP contribution in [-0.2, 0) is 10.8 Å². The van der Waals surface area contributed by atoms with Gasteiger partial charge in [-0.15, -0.1) is 0 Å². The summed E-state index contributed by atoms with van der Waals surface area (Å²) < 4.78 is 13.0. The highest BCUT2D eigenvalue weighted by Crippen LogP contribution is 2.27. The summed E-state index contributed by atoms with van der Waals surface area (Å²) in [6.07, 6.45) is 0. The maximum atomic E-state index is 13.0. The van der Waals surface area contributed by atoms with Crippen molar-refractivity contribution in [2.75, 3.05) is 0 Å². The molecule has 0 aromatic heterocycles. The molecule has 0 unspecified atom stereocenters. The lowest BCUT2D eigenvalue weighted by Gasteiger charge is -2.11. The summed E-state index contributed by atoms with van der Waals surface area (Å²) in [6, 6.07) is 23.8. The van der Waals surface area contributed by atoms with Crippen molar-refractivity contribution in [3.63, 3.8) is 0 Å². The Morgan fingerprint density at radius 3 is 2.12 bits per heavy atom. The predicted octanol–water partition coefficient (Wildman–Crippen LogP) is 5.06. The second-order valence-corrected chi connectivity index (χ2v) is 7.20. The number of hydrogen-bond donors (Lipinski definition) is 0. The fourth-order valence-corrected chi connectivity index (χ4v) is 3.78. The Labute approximate surface area is 150 Å². The van der Waals surface area contributed by atoms with Crippen LogP contribution in [-0.4, -0.2) is 9.99 Å². The molecule has 0 fully saturated rings. The third kappa shape index (κ3) is 3.67. The first-order chi connectivity index (χ1) is 12.1. The smallest absolute Gasteiger partial charge is 0.193 e. The van der Waals surface area contributed by atoms with Gasteiger partial charge in [0.15, 0.2) is 5.78 Å². The molecule has 25 heavy (non-hydrogen) atoms. The molecular weight excluding hydrogens is 328 g/mol. The number of Topliss-reactive ketones (excluding diaryl/α,β-unsaturated/α-hetero) is 1. The van der Waals surface area contributed by atoms with Crippen LogP contribution in [0.1, 0.15) is 21.5 Å². The molecule has 0 N–H and O–H groups in total. The lowest BCUT2D eigenvalue weighted by atomic mass is 9.98. The van der Waals surface area contributed by atoms with E-state index in [0.29, 0.717) is 26.5 Å². The molecule has 0 aliphatic heterocycles. The van der Waals surface area contributed by atoms with Crippen molar-refractivity contribution in [1.29, 1.82) is 0 Å². The molecule has 0 heterocycles. The van der Waals surface area contributed by atoms with Crippen LogP contribution >= 0.6 is 0 Å². The molecule has 2 nitrogen and oxygen atoms in total. The van der Waals surface area contributed by atoms with Gasteiger partial charge in [-0.2, -0.15) is 0 Å². The van der Waals surface area contributed by atoms with Crippen LogP contribution in [0, 0.1) is 6.92 Å². The van der Waals surface area contributed by atoms with E-state index in [4.69, 9.17) is 0 Å². The van der Waals surface area contributed by atoms with Gasteiger partial charge in [-0.05, 0) is 25.1 Å². The average molecular weight is 346 g/mol. The Bertz CT molecular complexity index is 941. The Morgan fingerprint density at radius 2 is 1.44 bits per heavy atom. The monoisotopic (exact) mass is 346 g/mol. The van der Waals surface area contributed by atoms with E-state index in [0.717, 1.165) is 5.56 Å². The lowest BCUT2D eigenvalue weighted by Crippen LogP contribution is -2.05. The molecule has 3 rings (SSSR count). The number of benzene rings is 3. The van der Waals surface area contributed by atoms with Gasteiger partial charge in [0.05, 0.1) is 15.7 Å². The zero-order chi connectivity index (χ0) is 17.8. The van der Waals surface area contributed by atoms with Gasteiger partial charge in [0.1, 0.15) is 0 Å². The predicted molar refractivity (Wildman–Crippen MR) is 102 cm³/mol. The quantitative estimate of drug-likeness (QED) is 0.478. The van der Waals surface area contributed by atoms with Gasteiger partial charge in [-0.1, -0.05) is 72.8 Å². The van der Waals surface area contributed by atoms with E-state index in [1.165, 1.54) is 0 Å². The van der Waals surface area contributed by atoms with Crippen molar-refractivity contribution < 1.29 is 9.00 Å². The van der Waals surface area contributed by atoms with Crippen molar-refractivity contribution in [2.24, 2.45) is 0 Å². The largest absolute Gasteiger partial charge is 0.289 e. The van der Waals surface area contributed by atoms with Crippen molar-refractivity contribution in [2.45, 2.75) is 16.7 Å². The highest BCUT2D eigenvalue weighted by atomic mass is 32.2. The summed E-state index contributed by atoms with van der Waals surface area (Å²) >= 11 is 0. The number of carbonyl (C=O) groups excluding carboxylic acids is 1. The van der Waals surface area contributed by atoms with Gasteiger partial charge >= 0.3 is 0 Å². The molecule has 0 saturated carbocycles. The topological polar surface area (TPSA) is 34.1 Å². The molecule has 1 atom stereocenters. The molecule has 0 spiro atoms. The second kappa shape index (κ2) is 7.41. The molecule has 0 bridgehead atoms. The molecule has 0 saturated heterocycles. The first-order valence-corrected chi connectivity index (χ1v) is 9.09.